The summed E-state index contributed by atoms with van der Waals surface area (Å²) in [6, 6.07) is 6.62. The van der Waals surface area contributed by atoms with Crippen LogP contribution in [0, 0.1) is 10.1 Å². The van der Waals surface area contributed by atoms with Crippen LogP contribution in [0.1, 0.15) is 0 Å². The molecule has 0 saturated carbocycles. The molecule has 0 amide bonds. The lowest BCUT2D eigenvalue weighted by Gasteiger charge is -2.42. The molecule has 0 aromatic heterocycles. The highest BCUT2D eigenvalue weighted by molar-refractivity contribution is 7.89. The van der Waals surface area contributed by atoms with Gasteiger partial charge < -0.3 is 14.4 Å². The van der Waals surface area contributed by atoms with Gasteiger partial charge in [-0.1, -0.05) is 12.1 Å². The van der Waals surface area contributed by atoms with Crippen LogP contribution in [0.3, 0.4) is 0 Å². The van der Waals surface area contributed by atoms with Gasteiger partial charge in [-0.2, -0.15) is 17.5 Å². The number of piperazine rings is 1. The molecule has 2 heterocycles. The molecule has 31 heavy (non-hydrogen) atoms. The van der Waals surface area contributed by atoms with Gasteiger partial charge in [0.15, 0.2) is 16.4 Å². The van der Waals surface area contributed by atoms with Crippen molar-refractivity contribution in [2.24, 2.45) is 0 Å². The summed E-state index contributed by atoms with van der Waals surface area (Å²) >= 11 is 0. The number of nitrogens with zero attached hydrogens (tertiary/aromatic N) is 3. The number of fused-ring (bicyclic) bond motifs is 1. The molecule has 2 aliphatic heterocycles. The zero-order valence-electron chi connectivity index (χ0n) is 15.8. The van der Waals surface area contributed by atoms with E-state index in [0.29, 0.717) is 21.5 Å². The SMILES string of the molecule is O=[N+]([O-])c1ccccc1S(=O)(=O)N1CCN(c2ccc3c(c2)OCO3)CC1C(F)(F)F. The molecule has 166 valence electrons. The van der Waals surface area contributed by atoms with E-state index in [2.05, 4.69) is 0 Å². The maximum Gasteiger partial charge on any atom is 0.406 e. The third-order valence-electron chi connectivity index (χ3n) is 5.08. The van der Waals surface area contributed by atoms with Crippen LogP contribution >= 0.6 is 0 Å². The van der Waals surface area contributed by atoms with Crippen molar-refractivity contribution in [3.8, 4) is 11.5 Å². The van der Waals surface area contributed by atoms with Crippen molar-refractivity contribution < 1.29 is 36.0 Å². The molecule has 13 heteroatoms. The second-order valence-electron chi connectivity index (χ2n) is 6.88. The Balaban J connectivity index is 1.68. The van der Waals surface area contributed by atoms with Crippen molar-refractivity contribution in [2.45, 2.75) is 17.1 Å². The fraction of sp³-hybridized carbons (Fsp3) is 0.333. The molecular weight excluding hydrogens is 443 g/mol. The van der Waals surface area contributed by atoms with Gasteiger partial charge in [-0.05, 0) is 18.2 Å². The third-order valence-corrected chi connectivity index (χ3v) is 7.03. The molecule has 0 radical (unpaired) electrons. The minimum Gasteiger partial charge on any atom is -0.454 e. The molecule has 1 fully saturated rings. The summed E-state index contributed by atoms with van der Waals surface area (Å²) in [5, 5.41) is 11.2. The van der Waals surface area contributed by atoms with E-state index in [1.165, 1.54) is 23.1 Å². The minimum absolute atomic E-state index is 0.00579. The lowest BCUT2D eigenvalue weighted by Crippen LogP contribution is -2.60. The average Bonchev–Trinajstić information content (AvgIpc) is 3.20. The summed E-state index contributed by atoms with van der Waals surface area (Å²) in [7, 11) is -4.78. The molecule has 0 bridgehead atoms. The number of nitro benzene ring substituents is 1. The molecule has 1 atom stereocenters. The van der Waals surface area contributed by atoms with Gasteiger partial charge in [0, 0.05) is 37.5 Å². The lowest BCUT2D eigenvalue weighted by molar-refractivity contribution is -0.387. The molecule has 9 nitrogen and oxygen atoms in total. The molecule has 4 rings (SSSR count). The number of para-hydroxylation sites is 1. The van der Waals surface area contributed by atoms with E-state index in [1.807, 2.05) is 0 Å². The van der Waals surface area contributed by atoms with Gasteiger partial charge in [-0.25, -0.2) is 8.42 Å². The van der Waals surface area contributed by atoms with Crippen molar-refractivity contribution >= 4 is 21.4 Å². The number of hydrogen-bond acceptors (Lipinski definition) is 7. The number of hydrogen-bond donors (Lipinski definition) is 0. The van der Waals surface area contributed by atoms with Crippen LogP contribution in [0.4, 0.5) is 24.5 Å². The van der Waals surface area contributed by atoms with Crippen LogP contribution in [0.2, 0.25) is 0 Å². The predicted octanol–water partition coefficient (Wildman–Crippen LogP) is 2.77. The maximum atomic E-state index is 13.9. The summed E-state index contributed by atoms with van der Waals surface area (Å²) in [6.07, 6.45) is -4.90. The topological polar surface area (TPSA) is 102 Å². The zero-order chi connectivity index (χ0) is 22.4. The highest BCUT2D eigenvalue weighted by Gasteiger charge is 2.52. The van der Waals surface area contributed by atoms with Crippen LogP contribution < -0.4 is 14.4 Å². The first kappa shape index (κ1) is 21.2. The first-order valence-electron chi connectivity index (χ1n) is 9.05. The highest BCUT2D eigenvalue weighted by atomic mass is 32.2. The summed E-state index contributed by atoms with van der Waals surface area (Å²) in [5.41, 5.74) is -0.358. The summed E-state index contributed by atoms with van der Waals surface area (Å²) in [6.45, 7) is -1.23. The van der Waals surface area contributed by atoms with Gasteiger partial charge in [0.25, 0.3) is 15.7 Å². The largest absolute Gasteiger partial charge is 0.454 e. The van der Waals surface area contributed by atoms with Crippen molar-refractivity contribution in [3.05, 3.63) is 52.6 Å². The second kappa shape index (κ2) is 7.57. The summed E-state index contributed by atoms with van der Waals surface area (Å²) in [5.74, 6) is 0.852. The van der Waals surface area contributed by atoms with E-state index >= 15 is 0 Å². The van der Waals surface area contributed by atoms with Crippen LogP contribution in [0.5, 0.6) is 11.5 Å². The van der Waals surface area contributed by atoms with Gasteiger partial charge in [-0.3, -0.25) is 10.1 Å². The second-order valence-corrected chi connectivity index (χ2v) is 8.74. The smallest absolute Gasteiger partial charge is 0.406 e. The highest BCUT2D eigenvalue weighted by Crippen LogP contribution is 2.39. The number of sulfonamides is 1. The van der Waals surface area contributed by atoms with Crippen molar-refractivity contribution in [2.75, 3.05) is 31.3 Å². The van der Waals surface area contributed by atoms with Crippen LogP contribution in [0.15, 0.2) is 47.4 Å². The molecule has 1 unspecified atom stereocenters. The van der Waals surface area contributed by atoms with Gasteiger partial charge in [0.2, 0.25) is 6.79 Å². The first-order valence-corrected chi connectivity index (χ1v) is 10.5. The molecule has 0 spiro atoms. The number of anilines is 1. The Morgan fingerprint density at radius 1 is 1.06 bits per heavy atom. The maximum absolute atomic E-state index is 13.9. The average molecular weight is 459 g/mol. The van der Waals surface area contributed by atoms with Crippen molar-refractivity contribution in [1.82, 2.24) is 4.31 Å². The third kappa shape index (κ3) is 3.85. The molecule has 0 aliphatic carbocycles. The Kier molecular flexibility index (Phi) is 5.17. The fourth-order valence-electron chi connectivity index (χ4n) is 3.59. The monoisotopic (exact) mass is 459 g/mol. The molecule has 1 saturated heterocycles. The standard InChI is InChI=1S/C18H16F3N3O6S/c19-18(20,21)17-10-22(12-5-6-14-15(9-12)30-11-29-14)7-8-23(17)31(27,28)16-4-2-1-3-13(16)24(25)26/h1-6,9,17H,7-8,10-11H2. The molecule has 0 N–H and O–H groups in total. The first-order chi connectivity index (χ1) is 14.6. The van der Waals surface area contributed by atoms with E-state index in [1.54, 1.807) is 12.1 Å². The van der Waals surface area contributed by atoms with Crippen molar-refractivity contribution in [3.63, 3.8) is 0 Å². The van der Waals surface area contributed by atoms with E-state index in [9.17, 15) is 31.7 Å². The number of rotatable bonds is 4. The summed E-state index contributed by atoms with van der Waals surface area (Å²) in [4.78, 5) is 10.9. The number of nitro groups is 1. The number of benzene rings is 2. The minimum atomic E-state index is -4.90. The Labute approximate surface area is 174 Å². The van der Waals surface area contributed by atoms with E-state index in [-0.39, 0.29) is 13.3 Å². The number of alkyl halides is 3. The Bertz CT molecular complexity index is 1120. The van der Waals surface area contributed by atoms with Gasteiger partial charge in [0.1, 0.15) is 6.04 Å². The molecule has 2 aromatic carbocycles. The van der Waals surface area contributed by atoms with Gasteiger partial charge in [-0.15, -0.1) is 0 Å². The van der Waals surface area contributed by atoms with E-state index in [4.69, 9.17) is 9.47 Å². The van der Waals surface area contributed by atoms with Crippen LogP contribution in [-0.4, -0.2) is 56.3 Å². The van der Waals surface area contributed by atoms with Crippen molar-refractivity contribution in [1.29, 1.82) is 0 Å². The molecule has 2 aromatic rings. The molecular formula is C18H16F3N3O6S. The fourth-order valence-corrected chi connectivity index (χ4v) is 5.34. The van der Waals surface area contributed by atoms with Gasteiger partial charge >= 0.3 is 6.18 Å². The van der Waals surface area contributed by atoms with E-state index < -0.39 is 50.8 Å². The summed E-state index contributed by atoms with van der Waals surface area (Å²) < 4.78 is 78.5. The zero-order valence-corrected chi connectivity index (χ0v) is 16.6. The predicted molar refractivity (Wildman–Crippen MR) is 102 cm³/mol. The van der Waals surface area contributed by atoms with Gasteiger partial charge in [0.05, 0.1) is 4.92 Å². The number of halogens is 3. The lowest BCUT2D eigenvalue weighted by atomic mass is 10.1. The quantitative estimate of drug-likeness (QED) is 0.512. The number of ether oxygens (including phenoxy) is 2. The Morgan fingerprint density at radius 2 is 1.77 bits per heavy atom. The van der Waals surface area contributed by atoms with E-state index in [0.717, 1.165) is 12.1 Å². The molecule has 2 aliphatic rings. The van der Waals surface area contributed by atoms with Crippen LogP contribution in [-0.2, 0) is 10.0 Å². The Hall–Kier alpha value is -3.06. The Morgan fingerprint density at radius 3 is 2.48 bits per heavy atom. The van der Waals surface area contributed by atoms with Crippen LogP contribution in [0.25, 0.3) is 0 Å². The normalized spacial score (nSPS) is 19.5.